The molecule has 7 heteroatoms. The Labute approximate surface area is 182 Å². The Morgan fingerprint density at radius 2 is 1.60 bits per heavy atom. The molecular weight excluding hydrogens is 414 g/mol. The van der Waals surface area contributed by atoms with Crippen LogP contribution < -0.4 is 9.80 Å². The van der Waals surface area contributed by atoms with Gasteiger partial charge < -0.3 is 9.80 Å². The second-order valence-electron chi connectivity index (χ2n) is 8.61. The van der Waals surface area contributed by atoms with E-state index in [0.717, 1.165) is 31.1 Å². The molecule has 1 N–H and O–H groups in total. The van der Waals surface area contributed by atoms with Crippen molar-refractivity contribution in [1.82, 2.24) is 0 Å². The Morgan fingerprint density at radius 1 is 0.933 bits per heavy atom. The average molecular weight is 442 g/mol. The van der Waals surface area contributed by atoms with Crippen LogP contribution in [-0.4, -0.2) is 49.5 Å². The number of fused-ring (bicyclic) bond motifs is 1. The van der Waals surface area contributed by atoms with E-state index in [9.17, 15) is 8.42 Å². The first-order valence-electron chi connectivity index (χ1n) is 10.6. The third kappa shape index (κ3) is 3.97. The normalized spacial score (nSPS) is 26.2. The maximum atomic E-state index is 12.0. The standard InChI is InChI=1S/C23H27N3O2S2/c24-23-26(21-15-30(27,28)16-22(21)29-23)20-8-6-19(7-9-20)25-12-10-18(11-13-25)14-17-4-2-1-3-5-17/h1-9,18,21-22,24H,10-16H2/t21-,22-/m0/s1. The minimum atomic E-state index is -2.99. The first-order chi connectivity index (χ1) is 14.5. The number of benzene rings is 2. The van der Waals surface area contributed by atoms with Gasteiger partial charge in [-0.15, -0.1) is 0 Å². The van der Waals surface area contributed by atoms with Crippen molar-refractivity contribution in [2.75, 3.05) is 34.4 Å². The Balaban J connectivity index is 1.22. The van der Waals surface area contributed by atoms with Crippen LogP contribution >= 0.6 is 11.8 Å². The number of thioether (sulfide) groups is 1. The quantitative estimate of drug-likeness (QED) is 0.782. The fraction of sp³-hybridized carbons (Fsp3) is 0.435. The molecule has 0 aliphatic carbocycles. The van der Waals surface area contributed by atoms with Crippen molar-refractivity contribution in [3.8, 4) is 0 Å². The Hall–Kier alpha value is -1.99. The summed E-state index contributed by atoms with van der Waals surface area (Å²) in [5.41, 5.74) is 3.57. The molecule has 2 aromatic carbocycles. The maximum Gasteiger partial charge on any atom is 0.161 e. The van der Waals surface area contributed by atoms with Crippen LogP contribution in [0.5, 0.6) is 0 Å². The van der Waals surface area contributed by atoms with Gasteiger partial charge in [0.15, 0.2) is 15.0 Å². The van der Waals surface area contributed by atoms with Crippen molar-refractivity contribution < 1.29 is 8.42 Å². The van der Waals surface area contributed by atoms with E-state index >= 15 is 0 Å². The van der Waals surface area contributed by atoms with E-state index in [4.69, 9.17) is 5.41 Å². The van der Waals surface area contributed by atoms with Crippen molar-refractivity contribution >= 4 is 38.1 Å². The zero-order chi connectivity index (χ0) is 20.7. The van der Waals surface area contributed by atoms with E-state index in [1.165, 1.54) is 35.9 Å². The Bertz CT molecular complexity index is 1020. The van der Waals surface area contributed by atoms with Gasteiger partial charge in [0.1, 0.15) is 0 Å². The van der Waals surface area contributed by atoms with Gasteiger partial charge in [0.2, 0.25) is 0 Å². The summed E-state index contributed by atoms with van der Waals surface area (Å²) in [5.74, 6) is 1.09. The number of nitrogens with zero attached hydrogens (tertiary/aromatic N) is 2. The molecule has 5 nitrogen and oxygen atoms in total. The van der Waals surface area contributed by atoms with E-state index in [-0.39, 0.29) is 22.8 Å². The van der Waals surface area contributed by atoms with Crippen molar-refractivity contribution in [2.24, 2.45) is 5.92 Å². The molecule has 0 amide bonds. The topological polar surface area (TPSA) is 64.5 Å². The lowest BCUT2D eigenvalue weighted by atomic mass is 9.90. The zero-order valence-electron chi connectivity index (χ0n) is 16.9. The van der Waals surface area contributed by atoms with Gasteiger partial charge in [-0.05, 0) is 55.0 Å². The maximum absolute atomic E-state index is 12.0. The van der Waals surface area contributed by atoms with Crippen LogP contribution in [0.2, 0.25) is 0 Å². The number of hydrogen-bond donors (Lipinski definition) is 1. The fourth-order valence-corrected chi connectivity index (χ4v) is 8.77. The van der Waals surface area contributed by atoms with E-state index < -0.39 is 9.84 Å². The second-order valence-corrected chi connectivity index (χ2v) is 12.0. The predicted octanol–water partition coefficient (Wildman–Crippen LogP) is 3.80. The molecule has 3 saturated heterocycles. The summed E-state index contributed by atoms with van der Waals surface area (Å²) < 4.78 is 24.0. The average Bonchev–Trinajstić information content (AvgIpc) is 3.19. The molecule has 0 saturated carbocycles. The summed E-state index contributed by atoms with van der Waals surface area (Å²) in [5, 5.41) is 8.78. The van der Waals surface area contributed by atoms with Crippen molar-refractivity contribution in [3.05, 3.63) is 60.2 Å². The molecule has 3 fully saturated rings. The van der Waals surface area contributed by atoms with Crippen LogP contribution in [-0.2, 0) is 16.3 Å². The number of anilines is 2. The number of sulfone groups is 1. The van der Waals surface area contributed by atoms with E-state index in [2.05, 4.69) is 47.4 Å². The number of piperidine rings is 1. The van der Waals surface area contributed by atoms with Gasteiger partial charge in [0, 0.05) is 29.7 Å². The second kappa shape index (κ2) is 7.93. The molecule has 3 aliphatic heterocycles. The van der Waals surface area contributed by atoms with Gasteiger partial charge in [-0.1, -0.05) is 42.1 Å². The fourth-order valence-electron chi connectivity index (χ4n) is 4.98. The zero-order valence-corrected chi connectivity index (χ0v) is 18.5. The summed E-state index contributed by atoms with van der Waals surface area (Å²) in [7, 11) is -2.99. The van der Waals surface area contributed by atoms with Gasteiger partial charge in [0.05, 0.1) is 17.5 Å². The SMILES string of the molecule is N=C1S[C@H]2CS(=O)(=O)C[C@@H]2N1c1ccc(N2CCC(Cc3ccccc3)CC2)cc1. The monoisotopic (exact) mass is 441 g/mol. The lowest BCUT2D eigenvalue weighted by Crippen LogP contribution is -2.37. The Kier molecular flexibility index (Phi) is 5.27. The van der Waals surface area contributed by atoms with Crippen LogP contribution in [0.3, 0.4) is 0 Å². The third-order valence-corrected chi connectivity index (χ3v) is 9.69. The number of hydrogen-bond acceptors (Lipinski definition) is 5. The highest BCUT2D eigenvalue weighted by Crippen LogP contribution is 2.40. The first kappa shape index (κ1) is 19.9. The third-order valence-electron chi connectivity index (χ3n) is 6.56. The largest absolute Gasteiger partial charge is 0.372 e. The molecule has 0 aromatic heterocycles. The molecule has 5 rings (SSSR count). The number of nitrogens with one attached hydrogen (secondary N) is 1. The summed E-state index contributed by atoms with van der Waals surface area (Å²) in [6.07, 6.45) is 3.56. The lowest BCUT2D eigenvalue weighted by molar-refractivity contribution is 0.404. The Morgan fingerprint density at radius 3 is 2.30 bits per heavy atom. The minimum absolute atomic E-state index is 0.00850. The molecule has 3 aliphatic rings. The van der Waals surface area contributed by atoms with E-state index in [0.29, 0.717) is 5.17 Å². The van der Waals surface area contributed by atoms with E-state index in [1.54, 1.807) is 0 Å². The van der Waals surface area contributed by atoms with Crippen molar-refractivity contribution in [2.45, 2.75) is 30.6 Å². The highest BCUT2D eigenvalue weighted by atomic mass is 32.2. The van der Waals surface area contributed by atoms with Crippen LogP contribution in [0, 0.1) is 11.3 Å². The molecule has 0 unspecified atom stereocenters. The molecule has 3 heterocycles. The van der Waals surface area contributed by atoms with Crippen LogP contribution in [0.15, 0.2) is 54.6 Å². The molecule has 0 bridgehead atoms. The minimum Gasteiger partial charge on any atom is -0.372 e. The predicted molar refractivity (Wildman–Crippen MR) is 126 cm³/mol. The highest BCUT2D eigenvalue weighted by Gasteiger charge is 2.48. The summed E-state index contributed by atoms with van der Waals surface area (Å²) in [6.45, 7) is 2.13. The van der Waals surface area contributed by atoms with Crippen LogP contribution in [0.1, 0.15) is 18.4 Å². The molecule has 2 aromatic rings. The molecular formula is C23H27N3O2S2. The molecule has 0 radical (unpaired) electrons. The number of rotatable bonds is 4. The van der Waals surface area contributed by atoms with Crippen LogP contribution in [0.25, 0.3) is 0 Å². The highest BCUT2D eigenvalue weighted by molar-refractivity contribution is 8.15. The van der Waals surface area contributed by atoms with Gasteiger partial charge in [-0.3, -0.25) is 5.41 Å². The molecule has 30 heavy (non-hydrogen) atoms. The van der Waals surface area contributed by atoms with Gasteiger partial charge in [0.25, 0.3) is 0 Å². The molecule has 0 spiro atoms. The number of amidine groups is 1. The van der Waals surface area contributed by atoms with E-state index in [1.807, 2.05) is 17.0 Å². The lowest BCUT2D eigenvalue weighted by Gasteiger charge is -2.34. The smallest absolute Gasteiger partial charge is 0.161 e. The molecule has 2 atom stereocenters. The summed E-state index contributed by atoms with van der Waals surface area (Å²) in [6, 6.07) is 19.0. The van der Waals surface area contributed by atoms with Gasteiger partial charge in [-0.2, -0.15) is 0 Å². The van der Waals surface area contributed by atoms with Gasteiger partial charge >= 0.3 is 0 Å². The first-order valence-corrected chi connectivity index (χ1v) is 13.3. The van der Waals surface area contributed by atoms with Crippen LogP contribution in [0.4, 0.5) is 11.4 Å². The van der Waals surface area contributed by atoms with Gasteiger partial charge in [-0.25, -0.2) is 8.42 Å². The summed E-state index contributed by atoms with van der Waals surface area (Å²) >= 11 is 1.39. The van der Waals surface area contributed by atoms with Crippen molar-refractivity contribution in [1.29, 1.82) is 5.41 Å². The summed E-state index contributed by atoms with van der Waals surface area (Å²) in [4.78, 5) is 4.36. The van der Waals surface area contributed by atoms with Crippen molar-refractivity contribution in [3.63, 3.8) is 0 Å². The molecule has 158 valence electrons.